The number of nitrogens with zero attached hydrogens (tertiary/aromatic N) is 2. The summed E-state index contributed by atoms with van der Waals surface area (Å²) in [5.41, 5.74) is 0. The van der Waals surface area contributed by atoms with Gasteiger partial charge in [-0.1, -0.05) is 0 Å². The van der Waals surface area contributed by atoms with Crippen LogP contribution in [0, 0.1) is 0 Å². The fourth-order valence-electron chi connectivity index (χ4n) is 1.49. The second kappa shape index (κ2) is 8.99. The predicted octanol–water partition coefficient (Wildman–Crippen LogP) is 2.22. The number of hydrogen-bond acceptors (Lipinski definition) is 6. The van der Waals surface area contributed by atoms with E-state index in [0.29, 0.717) is 12.4 Å². The summed E-state index contributed by atoms with van der Waals surface area (Å²) in [7, 11) is 1.65. The molecule has 2 N–H and O–H groups in total. The van der Waals surface area contributed by atoms with Crippen LogP contribution in [-0.2, 0) is 11.3 Å². The molecule has 1 heterocycles. The molecule has 0 atom stereocenters. The molecule has 6 heteroatoms. The Hall–Kier alpha value is -1.01. The largest absolute Gasteiger partial charge is 0.377 e. The molecule has 1 aromatic rings. The van der Waals surface area contributed by atoms with Gasteiger partial charge in [-0.15, -0.1) is 0 Å². The molecule has 0 bridgehead atoms. The average molecular weight is 270 g/mol. The number of rotatable bonds is 9. The first-order chi connectivity index (χ1) is 8.80. The molecule has 0 unspecified atom stereocenters. The molecule has 1 aromatic heterocycles. The molecule has 0 saturated heterocycles. The summed E-state index contributed by atoms with van der Waals surface area (Å²) in [5, 5.41) is 6.51. The second-order valence-electron chi connectivity index (χ2n) is 3.79. The van der Waals surface area contributed by atoms with Gasteiger partial charge < -0.3 is 15.4 Å². The van der Waals surface area contributed by atoms with Gasteiger partial charge in [-0.2, -0.15) is 11.8 Å². The molecule has 0 saturated carbocycles. The van der Waals surface area contributed by atoms with E-state index < -0.39 is 0 Å². The molecule has 1 rings (SSSR count). The molecular formula is C12H22N4OS. The van der Waals surface area contributed by atoms with Crippen molar-refractivity contribution in [2.24, 2.45) is 0 Å². The van der Waals surface area contributed by atoms with Crippen LogP contribution in [-0.4, -0.2) is 42.2 Å². The van der Waals surface area contributed by atoms with Gasteiger partial charge in [-0.3, -0.25) is 0 Å². The fraction of sp³-hybridized carbons (Fsp3) is 0.667. The lowest BCUT2D eigenvalue weighted by Gasteiger charge is -2.10. The van der Waals surface area contributed by atoms with Crippen LogP contribution in [0.2, 0.25) is 0 Å². The molecular weight excluding hydrogens is 248 g/mol. The Balaban J connectivity index is 2.63. The van der Waals surface area contributed by atoms with Gasteiger partial charge in [0.1, 0.15) is 18.2 Å². The Kier molecular flexibility index (Phi) is 7.52. The lowest BCUT2D eigenvalue weighted by molar-refractivity contribution is 0.178. The highest BCUT2D eigenvalue weighted by Gasteiger charge is 2.03. The van der Waals surface area contributed by atoms with E-state index >= 15 is 0 Å². The van der Waals surface area contributed by atoms with Gasteiger partial charge in [0.2, 0.25) is 0 Å². The van der Waals surface area contributed by atoms with Gasteiger partial charge in [0, 0.05) is 26.3 Å². The number of methoxy groups -OCH3 is 1. The van der Waals surface area contributed by atoms with E-state index in [1.165, 1.54) is 0 Å². The Morgan fingerprint density at radius 1 is 1.28 bits per heavy atom. The summed E-state index contributed by atoms with van der Waals surface area (Å²) in [6.07, 6.45) is 3.24. The lowest BCUT2D eigenvalue weighted by Crippen LogP contribution is -2.10. The molecule has 0 spiro atoms. The van der Waals surface area contributed by atoms with E-state index in [2.05, 4.69) is 26.9 Å². The van der Waals surface area contributed by atoms with Crippen LogP contribution >= 0.6 is 11.8 Å². The minimum Gasteiger partial charge on any atom is -0.377 e. The van der Waals surface area contributed by atoms with E-state index in [1.807, 2.05) is 24.8 Å². The minimum atomic E-state index is 0.429. The topological polar surface area (TPSA) is 59.1 Å². The fourth-order valence-corrected chi connectivity index (χ4v) is 1.92. The molecule has 0 radical (unpaired) electrons. The van der Waals surface area contributed by atoms with Crippen molar-refractivity contribution in [3.8, 4) is 0 Å². The quantitative estimate of drug-likeness (QED) is 0.671. The molecule has 0 fully saturated rings. The Bertz CT molecular complexity index is 325. The van der Waals surface area contributed by atoms with Crippen molar-refractivity contribution in [1.29, 1.82) is 0 Å². The summed E-state index contributed by atoms with van der Waals surface area (Å²) >= 11 is 1.85. The van der Waals surface area contributed by atoms with E-state index in [4.69, 9.17) is 4.74 Å². The first-order valence-corrected chi connectivity index (χ1v) is 7.53. The Morgan fingerprint density at radius 3 is 2.61 bits per heavy atom. The maximum atomic E-state index is 5.08. The lowest BCUT2D eigenvalue weighted by atomic mass is 10.4. The summed E-state index contributed by atoms with van der Waals surface area (Å²) < 4.78 is 5.08. The minimum absolute atomic E-state index is 0.429. The van der Waals surface area contributed by atoms with Crippen LogP contribution < -0.4 is 10.6 Å². The van der Waals surface area contributed by atoms with Crippen molar-refractivity contribution < 1.29 is 4.74 Å². The smallest absolute Gasteiger partial charge is 0.158 e. The van der Waals surface area contributed by atoms with Crippen molar-refractivity contribution in [2.45, 2.75) is 20.0 Å². The summed E-state index contributed by atoms with van der Waals surface area (Å²) in [6.45, 7) is 4.24. The Morgan fingerprint density at radius 2 is 2.00 bits per heavy atom. The van der Waals surface area contributed by atoms with E-state index in [-0.39, 0.29) is 0 Å². The number of aromatic nitrogens is 2. The Labute approximate surface area is 113 Å². The highest BCUT2D eigenvalue weighted by atomic mass is 32.2. The normalized spacial score (nSPS) is 10.4. The third-order valence-corrected chi connectivity index (χ3v) is 2.93. The first kappa shape index (κ1) is 15.0. The summed E-state index contributed by atoms with van der Waals surface area (Å²) in [4.78, 5) is 8.77. The van der Waals surface area contributed by atoms with E-state index in [9.17, 15) is 0 Å². The average Bonchev–Trinajstić information content (AvgIpc) is 2.35. The predicted molar refractivity (Wildman–Crippen MR) is 78.4 cm³/mol. The maximum absolute atomic E-state index is 5.08. The first-order valence-electron chi connectivity index (χ1n) is 6.13. The number of hydrogen-bond donors (Lipinski definition) is 2. The van der Waals surface area contributed by atoms with Gasteiger partial charge in [-0.05, 0) is 25.4 Å². The third kappa shape index (κ3) is 5.55. The van der Waals surface area contributed by atoms with Gasteiger partial charge in [0.05, 0.1) is 0 Å². The van der Waals surface area contributed by atoms with Crippen molar-refractivity contribution in [2.75, 3.05) is 42.8 Å². The molecule has 5 nitrogen and oxygen atoms in total. The second-order valence-corrected chi connectivity index (χ2v) is 4.78. The molecule has 0 aliphatic heterocycles. The number of thioether (sulfide) groups is 1. The van der Waals surface area contributed by atoms with Crippen LogP contribution in [0.5, 0.6) is 0 Å². The molecule has 18 heavy (non-hydrogen) atoms. The van der Waals surface area contributed by atoms with Crippen LogP contribution in [0.15, 0.2) is 6.07 Å². The molecule has 0 aliphatic carbocycles. The van der Waals surface area contributed by atoms with Crippen LogP contribution in [0.4, 0.5) is 11.6 Å². The van der Waals surface area contributed by atoms with Crippen LogP contribution in [0.25, 0.3) is 0 Å². The van der Waals surface area contributed by atoms with Gasteiger partial charge in [0.25, 0.3) is 0 Å². The van der Waals surface area contributed by atoms with Crippen LogP contribution in [0.1, 0.15) is 19.2 Å². The molecule has 0 aliphatic rings. The monoisotopic (exact) mass is 270 g/mol. The highest BCUT2D eigenvalue weighted by Crippen LogP contribution is 2.12. The summed E-state index contributed by atoms with van der Waals surface area (Å²) in [6, 6.07) is 1.93. The number of nitrogens with one attached hydrogen (secondary N) is 2. The zero-order valence-corrected chi connectivity index (χ0v) is 12.1. The van der Waals surface area contributed by atoms with Crippen molar-refractivity contribution in [1.82, 2.24) is 9.97 Å². The van der Waals surface area contributed by atoms with E-state index in [1.54, 1.807) is 7.11 Å². The van der Waals surface area contributed by atoms with Crippen molar-refractivity contribution in [3.05, 3.63) is 11.9 Å². The van der Waals surface area contributed by atoms with Crippen molar-refractivity contribution in [3.63, 3.8) is 0 Å². The number of ether oxygens (including phenoxy) is 1. The third-order valence-electron chi connectivity index (χ3n) is 2.24. The SMILES string of the molecule is CCNc1cc(NCCCSC)nc(COC)n1. The summed E-state index contributed by atoms with van der Waals surface area (Å²) in [5.74, 6) is 3.55. The molecule has 0 amide bonds. The highest BCUT2D eigenvalue weighted by molar-refractivity contribution is 7.98. The van der Waals surface area contributed by atoms with E-state index in [0.717, 1.165) is 36.9 Å². The zero-order chi connectivity index (χ0) is 13.2. The molecule has 102 valence electrons. The van der Waals surface area contributed by atoms with Gasteiger partial charge in [-0.25, -0.2) is 9.97 Å². The van der Waals surface area contributed by atoms with Gasteiger partial charge in [0.15, 0.2) is 5.82 Å². The van der Waals surface area contributed by atoms with Gasteiger partial charge >= 0.3 is 0 Å². The maximum Gasteiger partial charge on any atom is 0.158 e. The standard InChI is InChI=1S/C12H22N4OS/c1-4-13-10-8-11(14-6-5-7-18-3)16-12(15-10)9-17-2/h8H,4-7,9H2,1-3H3,(H2,13,14,15,16). The molecule has 0 aromatic carbocycles. The zero-order valence-electron chi connectivity index (χ0n) is 11.3. The number of anilines is 2. The van der Waals surface area contributed by atoms with Crippen molar-refractivity contribution >= 4 is 23.4 Å². The van der Waals surface area contributed by atoms with Crippen LogP contribution in [0.3, 0.4) is 0 Å².